The Hall–Kier alpha value is -1.60. The fourth-order valence-corrected chi connectivity index (χ4v) is 2.81. The molecule has 2 aromatic rings. The van der Waals surface area contributed by atoms with Gasteiger partial charge in [0.05, 0.1) is 23.0 Å². The zero-order valence-corrected chi connectivity index (χ0v) is 10.1. The van der Waals surface area contributed by atoms with Crippen LogP contribution in [0.5, 0.6) is 0 Å². The van der Waals surface area contributed by atoms with Crippen molar-refractivity contribution in [2.24, 2.45) is 7.05 Å². The number of imidazole rings is 1. The average molecular weight is 252 g/mol. The molecule has 0 spiro atoms. The molecule has 3 rings (SSSR count). The number of aryl methyl sites for hydroxylation is 1. The van der Waals surface area contributed by atoms with E-state index in [2.05, 4.69) is 9.71 Å². The maximum absolute atomic E-state index is 11.7. The van der Waals surface area contributed by atoms with Crippen LogP contribution in [0.2, 0.25) is 0 Å². The van der Waals surface area contributed by atoms with Gasteiger partial charge in [0.2, 0.25) is 0 Å². The number of hydrogen-bond acceptors (Lipinski definition) is 3. The minimum atomic E-state index is -3.35. The number of rotatable bonds is 3. The van der Waals surface area contributed by atoms with E-state index in [1.165, 1.54) is 4.31 Å². The highest BCUT2D eigenvalue weighted by Crippen LogP contribution is 2.20. The third-order valence-corrected chi connectivity index (χ3v) is 4.26. The Morgan fingerprint density at radius 2 is 2.12 bits per heavy atom. The third-order valence-electron chi connectivity index (χ3n) is 2.72. The topological polar surface area (TPSA) is 67.0 Å². The molecule has 0 unspecified atom stereocenters. The van der Waals surface area contributed by atoms with Crippen LogP contribution in [-0.4, -0.2) is 35.4 Å². The number of fused-ring (bicyclic) bond motifs is 1. The molecule has 90 valence electrons. The molecule has 0 bridgehead atoms. The molecule has 1 N–H and O–H groups in total. The second-order valence-corrected chi connectivity index (χ2v) is 5.74. The summed E-state index contributed by atoms with van der Waals surface area (Å²) >= 11 is 0. The molecular formula is C10H12N4O2S. The Bertz CT molecular complexity index is 673. The molecule has 1 fully saturated rings. The van der Waals surface area contributed by atoms with Crippen molar-refractivity contribution in [1.82, 2.24) is 13.9 Å². The van der Waals surface area contributed by atoms with E-state index in [0.29, 0.717) is 18.8 Å². The van der Waals surface area contributed by atoms with Gasteiger partial charge in [0.25, 0.3) is 0 Å². The van der Waals surface area contributed by atoms with E-state index >= 15 is 0 Å². The summed E-state index contributed by atoms with van der Waals surface area (Å²) < 4.78 is 29.2. The van der Waals surface area contributed by atoms with Crippen LogP contribution < -0.4 is 4.72 Å². The SMILES string of the molecule is Cn1cnc2cc(NS(=O)(=O)N3CC3)ccc21. The van der Waals surface area contributed by atoms with E-state index in [4.69, 9.17) is 0 Å². The quantitative estimate of drug-likeness (QED) is 0.811. The van der Waals surface area contributed by atoms with Gasteiger partial charge >= 0.3 is 10.2 Å². The van der Waals surface area contributed by atoms with E-state index in [0.717, 1.165) is 11.0 Å². The van der Waals surface area contributed by atoms with Gasteiger partial charge in [-0.2, -0.15) is 12.7 Å². The summed E-state index contributed by atoms with van der Waals surface area (Å²) in [5, 5.41) is 0. The van der Waals surface area contributed by atoms with Crippen LogP contribution in [-0.2, 0) is 17.3 Å². The van der Waals surface area contributed by atoms with Crippen LogP contribution in [0.1, 0.15) is 0 Å². The van der Waals surface area contributed by atoms with E-state index in [9.17, 15) is 8.42 Å². The molecule has 0 saturated carbocycles. The van der Waals surface area contributed by atoms with Crippen LogP contribution in [0.4, 0.5) is 5.69 Å². The van der Waals surface area contributed by atoms with Gasteiger partial charge in [0, 0.05) is 20.1 Å². The molecule has 0 aliphatic carbocycles. The van der Waals surface area contributed by atoms with Gasteiger partial charge in [-0.25, -0.2) is 4.98 Å². The predicted octanol–water partition coefficient (Wildman–Crippen LogP) is 0.546. The molecule has 0 amide bonds. The third kappa shape index (κ3) is 1.87. The van der Waals surface area contributed by atoms with Crippen LogP contribution in [0, 0.1) is 0 Å². The van der Waals surface area contributed by atoms with Crippen molar-refractivity contribution in [2.45, 2.75) is 0 Å². The largest absolute Gasteiger partial charge is 0.334 e. The second kappa shape index (κ2) is 3.44. The van der Waals surface area contributed by atoms with Gasteiger partial charge in [0.1, 0.15) is 0 Å². The lowest BCUT2D eigenvalue weighted by molar-refractivity contribution is 0.569. The first-order valence-corrected chi connectivity index (χ1v) is 6.69. The number of hydrogen-bond donors (Lipinski definition) is 1. The molecular weight excluding hydrogens is 240 g/mol. The zero-order chi connectivity index (χ0) is 12.0. The molecule has 7 heteroatoms. The monoisotopic (exact) mass is 252 g/mol. The smallest absolute Gasteiger partial charge is 0.301 e. The lowest BCUT2D eigenvalue weighted by Gasteiger charge is -2.07. The molecule has 0 atom stereocenters. The van der Waals surface area contributed by atoms with Crippen molar-refractivity contribution >= 4 is 26.9 Å². The van der Waals surface area contributed by atoms with E-state index < -0.39 is 10.2 Å². The molecule has 1 aliphatic heterocycles. The van der Waals surface area contributed by atoms with Crippen LogP contribution in [0.3, 0.4) is 0 Å². The summed E-state index contributed by atoms with van der Waals surface area (Å²) in [7, 11) is -1.46. The maximum Gasteiger partial charge on any atom is 0.301 e. The van der Waals surface area contributed by atoms with Gasteiger partial charge < -0.3 is 4.57 Å². The lowest BCUT2D eigenvalue weighted by atomic mass is 10.3. The van der Waals surface area contributed by atoms with Gasteiger partial charge in [-0.15, -0.1) is 0 Å². The number of aromatic nitrogens is 2. The second-order valence-electron chi connectivity index (χ2n) is 4.07. The summed E-state index contributed by atoms with van der Waals surface area (Å²) in [6.45, 7) is 1.20. The highest BCUT2D eigenvalue weighted by molar-refractivity contribution is 7.90. The maximum atomic E-state index is 11.7. The zero-order valence-electron chi connectivity index (χ0n) is 9.29. The van der Waals surface area contributed by atoms with Crippen LogP contribution >= 0.6 is 0 Å². The molecule has 6 nitrogen and oxygen atoms in total. The fourth-order valence-electron chi connectivity index (χ4n) is 1.69. The Labute approximate surface area is 99.0 Å². The number of nitrogens with one attached hydrogen (secondary N) is 1. The number of anilines is 1. The molecule has 1 aromatic heterocycles. The Morgan fingerprint density at radius 3 is 2.82 bits per heavy atom. The minimum Gasteiger partial charge on any atom is -0.334 e. The van der Waals surface area contributed by atoms with E-state index in [1.807, 2.05) is 17.7 Å². The standard InChI is InChI=1S/C10H12N4O2S/c1-13-7-11-9-6-8(2-3-10(9)13)12-17(15,16)14-4-5-14/h2-3,6-7,12H,4-5H2,1H3. The van der Waals surface area contributed by atoms with Crippen LogP contribution in [0.25, 0.3) is 11.0 Å². The average Bonchev–Trinajstić information content (AvgIpc) is 3.05. The van der Waals surface area contributed by atoms with Gasteiger partial charge in [-0.3, -0.25) is 4.72 Å². The van der Waals surface area contributed by atoms with Gasteiger partial charge in [-0.05, 0) is 18.2 Å². The van der Waals surface area contributed by atoms with Crippen molar-refractivity contribution in [3.05, 3.63) is 24.5 Å². The summed E-state index contributed by atoms with van der Waals surface area (Å²) in [5.41, 5.74) is 2.29. The summed E-state index contributed by atoms with van der Waals surface area (Å²) in [6, 6.07) is 5.32. The molecule has 2 heterocycles. The highest BCUT2D eigenvalue weighted by atomic mass is 32.2. The van der Waals surface area contributed by atoms with Crippen molar-refractivity contribution in [3.8, 4) is 0 Å². The van der Waals surface area contributed by atoms with Gasteiger partial charge in [-0.1, -0.05) is 0 Å². The summed E-state index contributed by atoms with van der Waals surface area (Å²) in [5.74, 6) is 0. The van der Waals surface area contributed by atoms with Gasteiger partial charge in [0.15, 0.2) is 0 Å². The van der Waals surface area contributed by atoms with E-state index in [1.54, 1.807) is 18.5 Å². The first-order valence-electron chi connectivity index (χ1n) is 5.25. The normalized spacial score (nSPS) is 16.3. The van der Waals surface area contributed by atoms with Crippen molar-refractivity contribution < 1.29 is 8.42 Å². The number of nitrogens with zero attached hydrogens (tertiary/aromatic N) is 3. The number of benzene rings is 1. The molecule has 17 heavy (non-hydrogen) atoms. The van der Waals surface area contributed by atoms with E-state index in [-0.39, 0.29) is 0 Å². The first kappa shape index (κ1) is 10.5. The molecule has 1 aromatic carbocycles. The van der Waals surface area contributed by atoms with Crippen molar-refractivity contribution in [3.63, 3.8) is 0 Å². The Balaban J connectivity index is 1.95. The minimum absolute atomic E-state index is 0.545. The Morgan fingerprint density at radius 1 is 1.35 bits per heavy atom. The molecule has 1 saturated heterocycles. The molecule has 1 aliphatic rings. The lowest BCUT2D eigenvalue weighted by Crippen LogP contribution is -2.20. The predicted molar refractivity (Wildman–Crippen MR) is 64.8 cm³/mol. The highest BCUT2D eigenvalue weighted by Gasteiger charge is 2.31. The summed E-state index contributed by atoms with van der Waals surface area (Å²) in [4.78, 5) is 4.18. The van der Waals surface area contributed by atoms with Crippen molar-refractivity contribution in [2.75, 3.05) is 17.8 Å². The van der Waals surface area contributed by atoms with Crippen molar-refractivity contribution in [1.29, 1.82) is 0 Å². The van der Waals surface area contributed by atoms with Crippen LogP contribution in [0.15, 0.2) is 24.5 Å². The molecule has 0 radical (unpaired) electrons. The summed E-state index contributed by atoms with van der Waals surface area (Å²) in [6.07, 6.45) is 1.70. The Kier molecular flexibility index (Phi) is 2.14. The fraction of sp³-hybridized carbons (Fsp3) is 0.300. The first-order chi connectivity index (χ1) is 8.06.